The molecule has 0 aliphatic carbocycles. The molecule has 0 atom stereocenters. The number of fused-ring (bicyclic) bond motifs is 1. The Kier molecular flexibility index (Phi) is 5.47. The molecule has 4 heterocycles. The highest BCUT2D eigenvalue weighted by atomic mass is 79.9. The highest BCUT2D eigenvalue weighted by Crippen LogP contribution is 2.31. The van der Waals surface area contributed by atoms with Crippen molar-refractivity contribution in [3.63, 3.8) is 0 Å². The van der Waals surface area contributed by atoms with Crippen molar-refractivity contribution in [2.45, 2.75) is 6.54 Å². The van der Waals surface area contributed by atoms with Crippen molar-refractivity contribution in [1.29, 1.82) is 0 Å². The predicted octanol–water partition coefficient (Wildman–Crippen LogP) is 3.97. The molecule has 0 radical (unpaired) electrons. The number of aromatic nitrogens is 2. The first-order chi connectivity index (χ1) is 15.1. The third-order valence-corrected chi connectivity index (χ3v) is 6.81. The minimum Gasteiger partial charge on any atom is -0.459 e. The summed E-state index contributed by atoms with van der Waals surface area (Å²) in [6, 6.07) is 11.3. The summed E-state index contributed by atoms with van der Waals surface area (Å²) >= 11 is 4.92. The zero-order valence-electron chi connectivity index (χ0n) is 16.5. The molecule has 1 fully saturated rings. The molecule has 0 unspecified atom stereocenters. The van der Waals surface area contributed by atoms with Gasteiger partial charge in [0.05, 0.1) is 18.2 Å². The van der Waals surface area contributed by atoms with Crippen LogP contribution in [0.1, 0.15) is 16.4 Å². The summed E-state index contributed by atoms with van der Waals surface area (Å²) in [6.07, 6.45) is 1.51. The summed E-state index contributed by atoms with van der Waals surface area (Å²) < 4.78 is 6.21. The van der Waals surface area contributed by atoms with Gasteiger partial charge in [0.2, 0.25) is 0 Å². The van der Waals surface area contributed by atoms with Crippen LogP contribution in [-0.4, -0.2) is 51.9 Å². The van der Waals surface area contributed by atoms with E-state index in [1.165, 1.54) is 17.6 Å². The predicted molar refractivity (Wildman–Crippen MR) is 123 cm³/mol. The first kappa shape index (κ1) is 20.2. The number of nitrogens with zero attached hydrogens (tertiary/aromatic N) is 3. The minimum atomic E-state index is -0.120. The van der Waals surface area contributed by atoms with Gasteiger partial charge >= 0.3 is 0 Å². The Balaban J connectivity index is 1.30. The van der Waals surface area contributed by atoms with E-state index in [0.29, 0.717) is 49.7 Å². The first-order valence-electron chi connectivity index (χ1n) is 9.90. The molecule has 1 aliphatic rings. The summed E-state index contributed by atoms with van der Waals surface area (Å²) in [6.45, 7) is 3.18. The molecule has 9 heteroatoms. The van der Waals surface area contributed by atoms with Crippen molar-refractivity contribution >= 4 is 43.4 Å². The molecular weight excluding hydrogens is 480 g/mol. The van der Waals surface area contributed by atoms with Gasteiger partial charge < -0.3 is 14.3 Å². The van der Waals surface area contributed by atoms with Crippen molar-refractivity contribution in [3.05, 3.63) is 74.5 Å². The number of piperazine rings is 1. The van der Waals surface area contributed by atoms with E-state index in [1.807, 2.05) is 29.6 Å². The van der Waals surface area contributed by atoms with Crippen LogP contribution in [0, 0.1) is 0 Å². The Morgan fingerprint density at radius 2 is 1.94 bits per heavy atom. The average Bonchev–Trinajstić information content (AvgIpc) is 3.45. The minimum absolute atomic E-state index is 0.0864. The lowest BCUT2D eigenvalue weighted by Crippen LogP contribution is -2.48. The monoisotopic (exact) mass is 498 g/mol. The van der Waals surface area contributed by atoms with Gasteiger partial charge in [-0.25, -0.2) is 4.98 Å². The molecule has 4 aromatic rings. The van der Waals surface area contributed by atoms with Gasteiger partial charge in [-0.3, -0.25) is 14.5 Å². The largest absolute Gasteiger partial charge is 0.459 e. The van der Waals surface area contributed by atoms with Crippen molar-refractivity contribution in [2.75, 3.05) is 26.2 Å². The van der Waals surface area contributed by atoms with Gasteiger partial charge in [-0.1, -0.05) is 28.1 Å². The van der Waals surface area contributed by atoms with E-state index in [4.69, 9.17) is 9.40 Å². The second-order valence-electron chi connectivity index (χ2n) is 7.39. The number of rotatable bonds is 4. The van der Waals surface area contributed by atoms with E-state index in [1.54, 1.807) is 17.0 Å². The molecule has 0 spiro atoms. The summed E-state index contributed by atoms with van der Waals surface area (Å²) in [5.74, 6) is 0.924. The number of nitrogens with one attached hydrogen (secondary N) is 1. The number of carbonyl (C=O) groups is 1. The Bertz CT molecular complexity index is 1270. The second-order valence-corrected chi connectivity index (χ2v) is 9.17. The fourth-order valence-electron chi connectivity index (χ4n) is 3.79. The quantitative estimate of drug-likeness (QED) is 0.460. The van der Waals surface area contributed by atoms with Crippen molar-refractivity contribution in [3.8, 4) is 11.1 Å². The zero-order valence-corrected chi connectivity index (χ0v) is 18.9. The molecule has 1 aliphatic heterocycles. The molecule has 1 amide bonds. The summed E-state index contributed by atoms with van der Waals surface area (Å²) in [4.78, 5) is 37.6. The van der Waals surface area contributed by atoms with Gasteiger partial charge in [0, 0.05) is 41.6 Å². The smallest absolute Gasteiger partial charge is 0.289 e. The molecule has 3 aromatic heterocycles. The number of carbonyl (C=O) groups excluding carboxylic acids is 1. The fraction of sp³-hybridized carbons (Fsp3) is 0.227. The molecule has 31 heavy (non-hydrogen) atoms. The number of hydrogen-bond acceptors (Lipinski definition) is 6. The molecule has 1 saturated heterocycles. The van der Waals surface area contributed by atoms with Crippen LogP contribution in [0.2, 0.25) is 0 Å². The summed E-state index contributed by atoms with van der Waals surface area (Å²) in [5.41, 5.74) is 1.77. The molecule has 1 aromatic carbocycles. The van der Waals surface area contributed by atoms with Gasteiger partial charge in [0.1, 0.15) is 10.7 Å². The van der Waals surface area contributed by atoms with E-state index < -0.39 is 0 Å². The number of furan rings is 1. The molecule has 0 saturated carbocycles. The SMILES string of the molecule is O=C(c1ccco1)N1CCN(Cc2nc3scc(-c4ccc(Br)cc4)c3c(=O)[nH]2)CC1. The maximum atomic E-state index is 12.9. The van der Waals surface area contributed by atoms with Crippen LogP contribution in [0.3, 0.4) is 0 Å². The van der Waals surface area contributed by atoms with Gasteiger partial charge in [-0.2, -0.15) is 0 Å². The summed E-state index contributed by atoms with van der Waals surface area (Å²) in [7, 11) is 0. The Morgan fingerprint density at radius 1 is 1.16 bits per heavy atom. The lowest BCUT2D eigenvalue weighted by molar-refractivity contribution is 0.0595. The van der Waals surface area contributed by atoms with E-state index in [9.17, 15) is 9.59 Å². The Labute approximate surface area is 190 Å². The van der Waals surface area contributed by atoms with Crippen LogP contribution in [-0.2, 0) is 6.54 Å². The molecule has 5 rings (SSSR count). The first-order valence-corrected chi connectivity index (χ1v) is 11.6. The number of aromatic amines is 1. The van der Waals surface area contributed by atoms with E-state index in [-0.39, 0.29) is 11.5 Å². The third-order valence-electron chi connectivity index (χ3n) is 5.41. The number of hydrogen-bond donors (Lipinski definition) is 1. The highest BCUT2D eigenvalue weighted by molar-refractivity contribution is 9.10. The number of amides is 1. The van der Waals surface area contributed by atoms with E-state index >= 15 is 0 Å². The van der Waals surface area contributed by atoms with Crippen molar-refractivity contribution in [1.82, 2.24) is 19.8 Å². The molecule has 1 N–H and O–H groups in total. The summed E-state index contributed by atoms with van der Waals surface area (Å²) in [5, 5.41) is 2.61. The lowest BCUT2D eigenvalue weighted by atomic mass is 10.1. The maximum absolute atomic E-state index is 12.9. The maximum Gasteiger partial charge on any atom is 0.289 e. The van der Waals surface area contributed by atoms with Crippen LogP contribution in [0.4, 0.5) is 0 Å². The molecular formula is C22H19BrN4O3S. The average molecular weight is 499 g/mol. The van der Waals surface area contributed by atoms with Crippen LogP contribution >= 0.6 is 27.3 Å². The van der Waals surface area contributed by atoms with E-state index in [2.05, 4.69) is 25.8 Å². The van der Waals surface area contributed by atoms with Gasteiger partial charge in [0.15, 0.2) is 5.76 Å². The Hall–Kier alpha value is -2.75. The lowest BCUT2D eigenvalue weighted by Gasteiger charge is -2.33. The topological polar surface area (TPSA) is 82.4 Å². The van der Waals surface area contributed by atoms with Gasteiger partial charge in [-0.05, 0) is 29.8 Å². The van der Waals surface area contributed by atoms with E-state index in [0.717, 1.165) is 20.4 Å². The number of thiophene rings is 1. The van der Waals surface area contributed by atoms with Crippen LogP contribution in [0.5, 0.6) is 0 Å². The van der Waals surface area contributed by atoms with Crippen molar-refractivity contribution in [2.24, 2.45) is 0 Å². The third kappa shape index (κ3) is 4.08. The molecule has 158 valence electrons. The Morgan fingerprint density at radius 3 is 2.65 bits per heavy atom. The standard InChI is InChI=1S/C22H19BrN4O3S/c23-15-5-3-14(4-6-15)16-13-31-21-19(16)20(28)24-18(25-21)12-26-7-9-27(10-8-26)22(29)17-2-1-11-30-17/h1-6,11,13H,7-10,12H2,(H,24,25,28). The molecule has 0 bridgehead atoms. The zero-order chi connectivity index (χ0) is 21.4. The molecule has 7 nitrogen and oxygen atoms in total. The van der Waals surface area contributed by atoms with Gasteiger partial charge in [-0.15, -0.1) is 11.3 Å². The second kappa shape index (κ2) is 8.41. The number of H-pyrrole nitrogens is 1. The van der Waals surface area contributed by atoms with Crippen LogP contribution < -0.4 is 5.56 Å². The van der Waals surface area contributed by atoms with Crippen LogP contribution in [0.15, 0.2) is 61.7 Å². The number of benzene rings is 1. The van der Waals surface area contributed by atoms with Gasteiger partial charge in [0.25, 0.3) is 11.5 Å². The number of halogens is 1. The highest BCUT2D eigenvalue weighted by Gasteiger charge is 2.24. The van der Waals surface area contributed by atoms with Crippen LogP contribution in [0.25, 0.3) is 21.3 Å². The van der Waals surface area contributed by atoms with Crippen molar-refractivity contribution < 1.29 is 9.21 Å². The fourth-order valence-corrected chi connectivity index (χ4v) is 5.02. The normalized spacial score (nSPS) is 14.9.